The minimum Gasteiger partial charge on any atom is -0.460 e. The molecule has 0 rings (SSSR count). The van der Waals surface area contributed by atoms with E-state index < -0.39 is 52.3 Å². The van der Waals surface area contributed by atoms with Crippen LogP contribution in [0.15, 0.2) is 25.3 Å². The molecule has 17 heteroatoms. The van der Waals surface area contributed by atoms with Crippen molar-refractivity contribution in [3.63, 3.8) is 0 Å². The third-order valence-corrected chi connectivity index (χ3v) is 12.2. The molecule has 264 valence electrons. The number of ether oxygens (including phenoxy) is 4. The highest BCUT2D eigenvalue weighted by Gasteiger charge is 2.32. The number of amides is 4. The van der Waals surface area contributed by atoms with Gasteiger partial charge < -0.3 is 48.6 Å². The number of nitrogens with zero attached hydrogens (tertiary/aromatic N) is 1. The Bertz CT molecular complexity index is 946. The van der Waals surface area contributed by atoms with Crippen molar-refractivity contribution in [2.24, 2.45) is 0 Å². The summed E-state index contributed by atoms with van der Waals surface area (Å²) in [6, 6.07) is 1.04. The zero-order chi connectivity index (χ0) is 35.2. The van der Waals surface area contributed by atoms with Crippen LogP contribution in [0.25, 0.3) is 0 Å². The number of hydrogen-bond acceptors (Lipinski definition) is 11. The summed E-state index contributed by atoms with van der Waals surface area (Å²) in [5.41, 5.74) is -1.36. The van der Waals surface area contributed by atoms with Crippen LogP contribution in [-0.4, -0.2) is 124 Å². The van der Waals surface area contributed by atoms with E-state index in [0.29, 0.717) is 13.1 Å². The Kier molecular flexibility index (Phi) is 20.5. The Labute approximate surface area is 274 Å². The molecule has 0 atom stereocenters. The van der Waals surface area contributed by atoms with Gasteiger partial charge in [0.1, 0.15) is 32.0 Å². The van der Waals surface area contributed by atoms with E-state index in [9.17, 15) is 24.0 Å². The predicted molar refractivity (Wildman–Crippen MR) is 177 cm³/mol. The van der Waals surface area contributed by atoms with Gasteiger partial charge in [-0.05, 0) is 58.0 Å². The second kappa shape index (κ2) is 22.2. The number of urea groups is 1. The van der Waals surface area contributed by atoms with Crippen molar-refractivity contribution in [2.75, 3.05) is 66.8 Å². The first-order valence-corrected chi connectivity index (χ1v) is 21.3. The molecule has 0 heterocycles. The van der Waals surface area contributed by atoms with Crippen LogP contribution >= 0.6 is 0 Å². The van der Waals surface area contributed by atoms with Gasteiger partial charge in [0.25, 0.3) is 0 Å². The van der Waals surface area contributed by atoms with Gasteiger partial charge in [0, 0.05) is 39.5 Å². The number of carbonyl (C=O) groups excluding carboxylic acids is 5. The molecule has 0 spiro atoms. The Morgan fingerprint density at radius 2 is 1.11 bits per heavy atom. The molecular formula is C29H54N4O11Si2. The Hall–Kier alpha value is -3.42. The monoisotopic (exact) mass is 690 g/mol. The van der Waals surface area contributed by atoms with Crippen LogP contribution in [0.5, 0.6) is 0 Å². The van der Waals surface area contributed by atoms with Gasteiger partial charge in [-0.15, -0.1) is 0 Å². The summed E-state index contributed by atoms with van der Waals surface area (Å²) < 4.78 is 31.7. The molecule has 0 unspecified atom stereocenters. The van der Waals surface area contributed by atoms with Gasteiger partial charge in [-0.1, -0.05) is 13.2 Å². The van der Waals surface area contributed by atoms with Gasteiger partial charge in [0.05, 0.1) is 13.1 Å². The van der Waals surface area contributed by atoms with Crippen LogP contribution in [0.4, 0.5) is 14.4 Å². The second-order valence-electron chi connectivity index (χ2n) is 11.9. The fourth-order valence-electron chi connectivity index (χ4n) is 3.56. The van der Waals surface area contributed by atoms with Gasteiger partial charge in [-0.25, -0.2) is 24.0 Å². The summed E-state index contributed by atoms with van der Waals surface area (Å²) in [4.78, 5) is 62.4. The molecule has 0 saturated carbocycles. The van der Waals surface area contributed by atoms with Crippen molar-refractivity contribution in [3.05, 3.63) is 25.3 Å². The van der Waals surface area contributed by atoms with E-state index in [1.165, 1.54) is 11.8 Å². The molecule has 0 saturated heterocycles. The topological polar surface area (TPSA) is 180 Å². The highest BCUT2D eigenvalue weighted by molar-refractivity contribution is 6.71. The first-order chi connectivity index (χ1) is 21.5. The SMILES string of the molecule is C=CC(=O)OCC(C)(COC(=O)C=C)NC(=O)N(CCOC(=O)NCCC[Si](C)(C)OC)CCOC(=O)NCCC[Si](C)(C)OC. The molecule has 4 amide bonds. The minimum absolute atomic E-state index is 0.0699. The highest BCUT2D eigenvalue weighted by atomic mass is 28.4. The van der Waals surface area contributed by atoms with Crippen LogP contribution in [0.2, 0.25) is 38.3 Å². The highest BCUT2D eigenvalue weighted by Crippen LogP contribution is 2.13. The lowest BCUT2D eigenvalue weighted by molar-refractivity contribution is -0.144. The van der Waals surface area contributed by atoms with E-state index in [1.807, 2.05) is 0 Å². The maximum Gasteiger partial charge on any atom is 0.407 e. The van der Waals surface area contributed by atoms with Gasteiger partial charge in [0.15, 0.2) is 16.6 Å². The van der Waals surface area contributed by atoms with Crippen molar-refractivity contribution in [3.8, 4) is 0 Å². The first kappa shape index (κ1) is 42.6. The number of rotatable bonds is 23. The lowest BCUT2D eigenvalue weighted by Gasteiger charge is -2.32. The van der Waals surface area contributed by atoms with E-state index in [2.05, 4.69) is 55.3 Å². The molecule has 0 bridgehead atoms. The third kappa shape index (κ3) is 20.6. The average molecular weight is 691 g/mol. The van der Waals surface area contributed by atoms with Crippen LogP contribution in [0.1, 0.15) is 19.8 Å². The van der Waals surface area contributed by atoms with E-state index >= 15 is 0 Å². The van der Waals surface area contributed by atoms with Gasteiger partial charge in [-0.3, -0.25) is 0 Å². The van der Waals surface area contributed by atoms with Gasteiger partial charge >= 0.3 is 30.2 Å². The zero-order valence-corrected chi connectivity index (χ0v) is 30.5. The predicted octanol–water partition coefficient (Wildman–Crippen LogP) is 3.15. The Balaban J connectivity index is 5.30. The molecule has 0 aromatic heterocycles. The lowest BCUT2D eigenvalue weighted by Crippen LogP contribution is -2.58. The second-order valence-corrected chi connectivity index (χ2v) is 20.7. The minimum atomic E-state index is -1.74. The molecule has 0 aromatic rings. The third-order valence-electron chi connectivity index (χ3n) is 6.84. The van der Waals surface area contributed by atoms with E-state index in [4.69, 9.17) is 27.8 Å². The maximum absolute atomic E-state index is 13.4. The normalized spacial score (nSPS) is 11.5. The Morgan fingerprint density at radius 1 is 0.717 bits per heavy atom. The molecular weight excluding hydrogens is 637 g/mol. The van der Waals surface area contributed by atoms with Crippen LogP contribution in [0, 0.1) is 0 Å². The van der Waals surface area contributed by atoms with Crippen molar-refractivity contribution in [1.82, 2.24) is 20.9 Å². The summed E-state index contributed by atoms with van der Waals surface area (Å²) in [6.45, 7) is 16.1. The maximum atomic E-state index is 13.4. The summed E-state index contributed by atoms with van der Waals surface area (Å²) in [7, 11) is -0.118. The van der Waals surface area contributed by atoms with Crippen molar-refractivity contribution in [2.45, 2.75) is 63.6 Å². The van der Waals surface area contributed by atoms with Gasteiger partial charge in [0.2, 0.25) is 0 Å². The number of carbonyl (C=O) groups is 5. The number of nitrogens with one attached hydrogen (secondary N) is 3. The van der Waals surface area contributed by atoms with Crippen molar-refractivity contribution in [1.29, 1.82) is 0 Å². The van der Waals surface area contributed by atoms with Gasteiger partial charge in [-0.2, -0.15) is 0 Å². The van der Waals surface area contributed by atoms with Crippen LogP contribution < -0.4 is 16.0 Å². The fraction of sp³-hybridized carbons (Fsp3) is 0.690. The lowest BCUT2D eigenvalue weighted by atomic mass is 10.1. The molecule has 0 aliphatic rings. The van der Waals surface area contributed by atoms with Crippen LogP contribution in [-0.2, 0) is 37.4 Å². The number of esters is 2. The van der Waals surface area contributed by atoms with Crippen LogP contribution in [0.3, 0.4) is 0 Å². The number of hydrogen-bond donors (Lipinski definition) is 3. The fourth-order valence-corrected chi connectivity index (χ4v) is 6.02. The van der Waals surface area contributed by atoms with E-state index in [-0.39, 0.29) is 39.5 Å². The van der Waals surface area contributed by atoms with E-state index in [0.717, 1.165) is 37.1 Å². The molecule has 0 radical (unpaired) electrons. The summed E-state index contributed by atoms with van der Waals surface area (Å²) in [5, 5.41) is 8.03. The zero-order valence-electron chi connectivity index (χ0n) is 28.5. The molecule has 15 nitrogen and oxygen atoms in total. The summed E-state index contributed by atoms with van der Waals surface area (Å²) in [5.74, 6) is -1.49. The molecule has 0 aliphatic carbocycles. The summed E-state index contributed by atoms with van der Waals surface area (Å²) in [6.07, 6.45) is 2.07. The molecule has 46 heavy (non-hydrogen) atoms. The first-order valence-electron chi connectivity index (χ1n) is 15.1. The van der Waals surface area contributed by atoms with Crippen molar-refractivity contribution >= 4 is 46.8 Å². The van der Waals surface area contributed by atoms with Crippen molar-refractivity contribution < 1.29 is 51.8 Å². The standard InChI is InChI=1S/C29H54N4O11Si2/c1-10-24(34)43-22-29(3,23-44-25(35)11-2)32-26(36)33(16-18-41-27(37)30-14-12-20-45(6,7)39-4)17-19-42-28(38)31-15-13-21-46(8,9)40-5/h10-11H,1-2,12-23H2,3-9H3,(H,30,37)(H,31,38)(H,32,36). The smallest absolute Gasteiger partial charge is 0.407 e. The molecule has 3 N–H and O–H groups in total. The largest absolute Gasteiger partial charge is 0.460 e. The molecule has 0 aliphatic heterocycles. The quantitative estimate of drug-likeness (QED) is 0.0471. The molecule has 0 fully saturated rings. The average Bonchev–Trinajstić information content (AvgIpc) is 3.02. The Morgan fingerprint density at radius 3 is 1.46 bits per heavy atom. The molecule has 0 aromatic carbocycles. The van der Waals surface area contributed by atoms with E-state index in [1.54, 1.807) is 14.2 Å². The summed E-state index contributed by atoms with van der Waals surface area (Å²) >= 11 is 0. The number of alkyl carbamates (subject to hydrolysis) is 2.